The molecule has 0 radical (unpaired) electrons. The Labute approximate surface area is 171 Å². The normalized spacial score (nSPS) is 17.8. The minimum absolute atomic E-state index is 0.00512. The van der Waals surface area contributed by atoms with E-state index in [4.69, 9.17) is 21.1 Å². The summed E-state index contributed by atoms with van der Waals surface area (Å²) in [5.74, 6) is 1.34. The molecule has 28 heavy (non-hydrogen) atoms. The van der Waals surface area contributed by atoms with Gasteiger partial charge in [-0.15, -0.1) is 0 Å². The van der Waals surface area contributed by atoms with E-state index >= 15 is 0 Å². The van der Waals surface area contributed by atoms with Gasteiger partial charge in [-0.05, 0) is 56.5 Å². The fraction of sp³-hybridized carbons (Fsp3) is 0.455. The minimum atomic E-state index is -0.0396. The summed E-state index contributed by atoms with van der Waals surface area (Å²) in [6, 6.07) is 9.74. The number of nitrogens with one attached hydrogen (secondary N) is 1. The van der Waals surface area contributed by atoms with E-state index in [1.807, 2.05) is 31.2 Å². The number of carbonyl (C=O) groups excluding carboxylic acids is 1. The number of carbonyl (C=O) groups is 1. The van der Waals surface area contributed by atoms with Crippen LogP contribution in [0.1, 0.15) is 48.5 Å². The summed E-state index contributed by atoms with van der Waals surface area (Å²) in [5.41, 5.74) is 1.49. The summed E-state index contributed by atoms with van der Waals surface area (Å²) in [6.07, 6.45) is 6.09. The molecule has 2 atom stereocenters. The highest BCUT2D eigenvalue weighted by molar-refractivity contribution is 6.32. The average Bonchev–Trinajstić information content (AvgIpc) is 2.74. The molecule has 0 aliphatic carbocycles. The number of Topliss-reactive ketones (excluding diaryl/α,β-unsaturated/α-hetero) is 1. The molecule has 1 N–H and O–H groups in total. The Morgan fingerprint density at radius 1 is 1.29 bits per heavy atom. The minimum Gasteiger partial charge on any atom is -0.497 e. The highest BCUT2D eigenvalue weighted by Gasteiger charge is 2.22. The molecule has 5 nitrogen and oxygen atoms in total. The Hall–Kier alpha value is -2.11. The molecule has 0 spiro atoms. The van der Waals surface area contributed by atoms with Crippen LogP contribution < -0.4 is 14.8 Å². The van der Waals surface area contributed by atoms with Gasteiger partial charge in [0, 0.05) is 12.5 Å². The second-order valence-corrected chi connectivity index (χ2v) is 7.52. The van der Waals surface area contributed by atoms with Gasteiger partial charge in [-0.3, -0.25) is 4.79 Å². The van der Waals surface area contributed by atoms with Gasteiger partial charge in [0.25, 0.3) is 0 Å². The monoisotopic (exact) mass is 402 g/mol. The van der Waals surface area contributed by atoms with Crippen LogP contribution in [0.15, 0.2) is 36.5 Å². The Morgan fingerprint density at radius 2 is 2.07 bits per heavy atom. The highest BCUT2D eigenvalue weighted by atomic mass is 35.5. The zero-order chi connectivity index (χ0) is 19.9. The first-order chi connectivity index (χ1) is 13.6. The van der Waals surface area contributed by atoms with Gasteiger partial charge in [0.05, 0.1) is 18.9 Å². The molecule has 0 bridgehead atoms. The molecule has 1 aromatic carbocycles. The molecule has 2 aromatic rings. The van der Waals surface area contributed by atoms with Crippen LogP contribution in [0, 0.1) is 0 Å². The van der Waals surface area contributed by atoms with Crippen molar-refractivity contribution in [2.75, 3.05) is 13.7 Å². The van der Waals surface area contributed by atoms with E-state index in [0.717, 1.165) is 24.3 Å². The molecule has 150 valence electrons. The molecular formula is C22H27ClN2O3. The zero-order valence-corrected chi connectivity index (χ0v) is 17.2. The van der Waals surface area contributed by atoms with Crippen LogP contribution in [-0.2, 0) is 6.42 Å². The molecule has 1 aromatic heterocycles. The number of nitrogens with zero attached hydrogens (tertiary/aromatic N) is 1. The second-order valence-electron chi connectivity index (χ2n) is 7.16. The Balaban J connectivity index is 1.61. The van der Waals surface area contributed by atoms with E-state index in [0.29, 0.717) is 30.2 Å². The second kappa shape index (κ2) is 9.89. The van der Waals surface area contributed by atoms with E-state index in [2.05, 4.69) is 10.3 Å². The van der Waals surface area contributed by atoms with Crippen molar-refractivity contribution in [3.8, 4) is 11.5 Å². The van der Waals surface area contributed by atoms with Crippen molar-refractivity contribution in [1.29, 1.82) is 0 Å². The third-order valence-electron chi connectivity index (χ3n) is 5.15. The van der Waals surface area contributed by atoms with E-state index in [1.54, 1.807) is 19.4 Å². The molecule has 1 aliphatic rings. The van der Waals surface area contributed by atoms with Crippen LogP contribution in [0.3, 0.4) is 0 Å². The number of piperidine rings is 1. The number of methoxy groups -OCH3 is 1. The lowest BCUT2D eigenvalue weighted by atomic mass is 10.0. The molecule has 0 saturated carbocycles. The number of benzene rings is 1. The van der Waals surface area contributed by atoms with Gasteiger partial charge < -0.3 is 14.8 Å². The molecule has 6 heteroatoms. The van der Waals surface area contributed by atoms with Gasteiger partial charge in [-0.1, -0.05) is 30.2 Å². The third kappa shape index (κ3) is 5.46. The molecule has 1 fully saturated rings. The summed E-state index contributed by atoms with van der Waals surface area (Å²) < 4.78 is 11.2. The van der Waals surface area contributed by atoms with Crippen LogP contribution in [0.5, 0.6) is 11.5 Å². The Morgan fingerprint density at radius 3 is 2.75 bits per heavy atom. The van der Waals surface area contributed by atoms with Crippen molar-refractivity contribution >= 4 is 17.4 Å². The summed E-state index contributed by atoms with van der Waals surface area (Å²) in [6.45, 7) is 3.06. The number of aromatic nitrogens is 1. The molecular weight excluding hydrogens is 376 g/mol. The van der Waals surface area contributed by atoms with Gasteiger partial charge in [-0.25, -0.2) is 4.98 Å². The summed E-state index contributed by atoms with van der Waals surface area (Å²) >= 11 is 6.18. The van der Waals surface area contributed by atoms with E-state index in [-0.39, 0.29) is 17.0 Å². The SMILES string of the molecule is COc1ccc(CCC(=O)c2cc(OC(C)[C@@H]3CCCCN3)cnc2Cl)cc1. The number of aryl methyl sites for hydroxylation is 1. The van der Waals surface area contributed by atoms with Crippen molar-refractivity contribution in [3.63, 3.8) is 0 Å². The van der Waals surface area contributed by atoms with Crippen molar-refractivity contribution in [2.45, 2.75) is 51.2 Å². The van der Waals surface area contributed by atoms with Crippen LogP contribution in [0.4, 0.5) is 0 Å². The van der Waals surface area contributed by atoms with Crippen molar-refractivity contribution in [2.24, 2.45) is 0 Å². The fourth-order valence-corrected chi connectivity index (χ4v) is 3.66. The highest BCUT2D eigenvalue weighted by Crippen LogP contribution is 2.24. The summed E-state index contributed by atoms with van der Waals surface area (Å²) in [4.78, 5) is 16.8. The maximum absolute atomic E-state index is 12.7. The van der Waals surface area contributed by atoms with Crippen molar-refractivity contribution in [1.82, 2.24) is 10.3 Å². The first kappa shape index (κ1) is 20.6. The number of ketones is 1. The largest absolute Gasteiger partial charge is 0.497 e. The van der Waals surface area contributed by atoms with Gasteiger partial charge >= 0.3 is 0 Å². The number of hydrogen-bond donors (Lipinski definition) is 1. The Kier molecular flexibility index (Phi) is 7.29. The van der Waals surface area contributed by atoms with Gasteiger partial charge in [0.2, 0.25) is 0 Å². The summed E-state index contributed by atoms with van der Waals surface area (Å²) in [5, 5.41) is 3.71. The number of ether oxygens (including phenoxy) is 2. The summed E-state index contributed by atoms with van der Waals surface area (Å²) in [7, 11) is 1.63. The quantitative estimate of drug-likeness (QED) is 0.521. The lowest BCUT2D eigenvalue weighted by Gasteiger charge is -2.29. The molecule has 1 aliphatic heterocycles. The topological polar surface area (TPSA) is 60.5 Å². The van der Waals surface area contributed by atoms with Gasteiger partial charge in [0.15, 0.2) is 5.78 Å². The van der Waals surface area contributed by atoms with Gasteiger partial charge in [0.1, 0.15) is 22.8 Å². The maximum Gasteiger partial charge on any atom is 0.166 e. The molecule has 1 unspecified atom stereocenters. The van der Waals surface area contributed by atoms with E-state index < -0.39 is 0 Å². The average molecular weight is 403 g/mol. The van der Waals surface area contributed by atoms with Crippen LogP contribution in [0.25, 0.3) is 0 Å². The number of hydrogen-bond acceptors (Lipinski definition) is 5. The fourth-order valence-electron chi connectivity index (χ4n) is 3.45. The predicted octanol–water partition coefficient (Wildman–Crippen LogP) is 4.47. The predicted molar refractivity (Wildman–Crippen MR) is 111 cm³/mol. The van der Waals surface area contributed by atoms with Crippen LogP contribution in [0.2, 0.25) is 5.15 Å². The van der Waals surface area contributed by atoms with E-state index in [1.165, 1.54) is 12.8 Å². The smallest absolute Gasteiger partial charge is 0.166 e. The first-order valence-electron chi connectivity index (χ1n) is 9.78. The standard InChI is InChI=1S/C22H27ClN2O3/c1-15(20-5-3-4-12-24-20)28-18-13-19(22(23)25-14-18)21(26)11-8-16-6-9-17(27-2)10-7-16/h6-7,9-10,13-15,20,24H,3-5,8,11-12H2,1-2H3/t15?,20-/m0/s1. The van der Waals surface area contributed by atoms with Gasteiger partial charge in [-0.2, -0.15) is 0 Å². The maximum atomic E-state index is 12.7. The molecule has 2 heterocycles. The molecule has 1 saturated heterocycles. The number of rotatable bonds is 8. The van der Waals surface area contributed by atoms with Crippen LogP contribution in [-0.4, -0.2) is 36.6 Å². The molecule has 3 rings (SSSR count). The number of pyridine rings is 1. The van der Waals surface area contributed by atoms with Crippen LogP contribution >= 0.6 is 11.6 Å². The lowest BCUT2D eigenvalue weighted by Crippen LogP contribution is -2.44. The van der Waals surface area contributed by atoms with Crippen molar-refractivity contribution in [3.05, 3.63) is 52.8 Å². The Bertz CT molecular complexity index is 789. The lowest BCUT2D eigenvalue weighted by molar-refractivity contribution is 0.0981. The van der Waals surface area contributed by atoms with Crippen molar-refractivity contribution < 1.29 is 14.3 Å². The molecule has 0 amide bonds. The first-order valence-corrected chi connectivity index (χ1v) is 10.2. The zero-order valence-electron chi connectivity index (χ0n) is 16.4. The van der Waals surface area contributed by atoms with E-state index in [9.17, 15) is 4.79 Å². The third-order valence-corrected chi connectivity index (χ3v) is 5.45. The number of halogens is 1.